The monoisotopic (exact) mass is 216 g/mol. The summed E-state index contributed by atoms with van der Waals surface area (Å²) in [5.74, 6) is 0.196. The first-order valence-corrected chi connectivity index (χ1v) is 4.80. The summed E-state index contributed by atoms with van der Waals surface area (Å²) >= 11 is 0. The lowest BCUT2D eigenvalue weighted by molar-refractivity contribution is 0.475. The number of nitrogens with two attached hydrogens (primary N) is 1. The largest absolute Gasteiger partial charge is 0.506 e. The molecule has 5 N–H and O–H groups in total. The molecule has 2 aromatic carbocycles. The fourth-order valence-corrected chi connectivity index (χ4v) is 1.38. The second-order valence-corrected chi connectivity index (χ2v) is 3.42. The van der Waals surface area contributed by atoms with Gasteiger partial charge in [-0.2, -0.15) is 0 Å². The Morgan fingerprint density at radius 1 is 0.875 bits per heavy atom. The number of aromatic hydroxyl groups is 2. The number of nitrogen functional groups attached to an aromatic ring is 1. The van der Waals surface area contributed by atoms with Crippen molar-refractivity contribution in [1.29, 1.82) is 0 Å². The van der Waals surface area contributed by atoms with Gasteiger partial charge in [0.05, 0.1) is 11.4 Å². The average molecular weight is 216 g/mol. The molecule has 0 saturated carbocycles. The van der Waals surface area contributed by atoms with Gasteiger partial charge in [-0.05, 0) is 30.3 Å². The van der Waals surface area contributed by atoms with Crippen LogP contribution < -0.4 is 11.1 Å². The Balaban J connectivity index is 2.34. The minimum Gasteiger partial charge on any atom is -0.506 e. The number of phenolic OH excluding ortho intramolecular Hbond substituents is 2. The van der Waals surface area contributed by atoms with E-state index in [2.05, 4.69) is 5.32 Å². The van der Waals surface area contributed by atoms with Crippen LogP contribution in [0.15, 0.2) is 42.5 Å². The van der Waals surface area contributed by atoms with Crippen LogP contribution in [-0.4, -0.2) is 10.2 Å². The van der Waals surface area contributed by atoms with Crippen molar-refractivity contribution in [3.05, 3.63) is 42.5 Å². The maximum absolute atomic E-state index is 9.59. The lowest BCUT2D eigenvalue weighted by Gasteiger charge is -2.10. The Kier molecular flexibility index (Phi) is 2.55. The van der Waals surface area contributed by atoms with E-state index in [1.54, 1.807) is 36.4 Å². The maximum Gasteiger partial charge on any atom is 0.139 e. The Morgan fingerprint density at radius 2 is 1.56 bits per heavy atom. The van der Waals surface area contributed by atoms with Gasteiger partial charge < -0.3 is 21.3 Å². The molecule has 0 unspecified atom stereocenters. The molecular formula is C12H12N2O2. The molecule has 0 spiro atoms. The second-order valence-electron chi connectivity index (χ2n) is 3.42. The topological polar surface area (TPSA) is 78.5 Å². The highest BCUT2D eigenvalue weighted by Crippen LogP contribution is 2.32. The second kappa shape index (κ2) is 4.02. The first-order valence-electron chi connectivity index (χ1n) is 4.80. The first kappa shape index (κ1) is 10.2. The van der Waals surface area contributed by atoms with Crippen LogP contribution in [0.25, 0.3) is 0 Å². The van der Waals surface area contributed by atoms with Crippen molar-refractivity contribution in [2.45, 2.75) is 0 Å². The number of phenols is 2. The third-order valence-corrected chi connectivity index (χ3v) is 2.19. The molecule has 0 aromatic heterocycles. The number of nitrogens with one attached hydrogen (secondary N) is 1. The molecule has 0 amide bonds. The molecule has 82 valence electrons. The van der Waals surface area contributed by atoms with Crippen LogP contribution in [0, 0.1) is 0 Å². The highest BCUT2D eigenvalue weighted by molar-refractivity contribution is 5.72. The summed E-state index contributed by atoms with van der Waals surface area (Å²) < 4.78 is 0. The van der Waals surface area contributed by atoms with Gasteiger partial charge in [-0.25, -0.2) is 0 Å². The van der Waals surface area contributed by atoms with Gasteiger partial charge in [0.15, 0.2) is 0 Å². The molecule has 4 nitrogen and oxygen atoms in total. The van der Waals surface area contributed by atoms with Crippen molar-refractivity contribution in [3.8, 4) is 11.5 Å². The molecule has 0 radical (unpaired) electrons. The highest BCUT2D eigenvalue weighted by atomic mass is 16.3. The van der Waals surface area contributed by atoms with Gasteiger partial charge in [0, 0.05) is 5.69 Å². The van der Waals surface area contributed by atoms with E-state index >= 15 is 0 Å². The van der Waals surface area contributed by atoms with Crippen LogP contribution in [0.5, 0.6) is 11.5 Å². The third-order valence-electron chi connectivity index (χ3n) is 2.19. The van der Waals surface area contributed by atoms with Crippen LogP contribution in [0.3, 0.4) is 0 Å². The molecule has 0 atom stereocenters. The lowest BCUT2D eigenvalue weighted by atomic mass is 10.2. The number of benzene rings is 2. The zero-order valence-electron chi connectivity index (χ0n) is 8.51. The van der Waals surface area contributed by atoms with Gasteiger partial charge >= 0.3 is 0 Å². The molecule has 0 heterocycles. The van der Waals surface area contributed by atoms with Gasteiger partial charge in [0.1, 0.15) is 11.5 Å². The van der Waals surface area contributed by atoms with Crippen LogP contribution in [0.4, 0.5) is 17.1 Å². The minimum absolute atomic E-state index is 0.0810. The van der Waals surface area contributed by atoms with Crippen LogP contribution in [-0.2, 0) is 0 Å². The number of hydrogen-bond donors (Lipinski definition) is 4. The smallest absolute Gasteiger partial charge is 0.139 e. The predicted molar refractivity (Wildman–Crippen MR) is 63.9 cm³/mol. The fraction of sp³-hybridized carbons (Fsp3) is 0. The van der Waals surface area contributed by atoms with Crippen molar-refractivity contribution in [2.24, 2.45) is 0 Å². The van der Waals surface area contributed by atoms with Crippen molar-refractivity contribution < 1.29 is 10.2 Å². The molecule has 2 aromatic rings. The molecule has 0 aliphatic carbocycles. The molecule has 2 rings (SSSR count). The summed E-state index contributed by atoms with van der Waals surface area (Å²) in [5.41, 5.74) is 7.12. The van der Waals surface area contributed by atoms with E-state index in [0.717, 1.165) is 0 Å². The summed E-state index contributed by atoms with van der Waals surface area (Å²) in [7, 11) is 0. The number of hydrogen-bond acceptors (Lipinski definition) is 4. The van der Waals surface area contributed by atoms with E-state index < -0.39 is 0 Å². The SMILES string of the molecule is Nc1ccc(O)c(Nc2ccccc2O)c1. The zero-order valence-corrected chi connectivity index (χ0v) is 8.51. The van der Waals surface area contributed by atoms with Gasteiger partial charge in [0.2, 0.25) is 0 Å². The minimum atomic E-state index is 0.0810. The molecular weight excluding hydrogens is 204 g/mol. The van der Waals surface area contributed by atoms with Crippen molar-refractivity contribution in [2.75, 3.05) is 11.1 Å². The summed E-state index contributed by atoms with van der Waals surface area (Å²) in [4.78, 5) is 0. The molecule has 0 bridgehead atoms. The number of para-hydroxylation sites is 2. The first-order chi connectivity index (χ1) is 7.66. The summed E-state index contributed by atoms with van der Waals surface area (Å²) in [6, 6.07) is 11.5. The van der Waals surface area contributed by atoms with Gasteiger partial charge in [-0.3, -0.25) is 0 Å². The Hall–Kier alpha value is -2.36. The number of anilines is 3. The predicted octanol–water partition coefficient (Wildman–Crippen LogP) is 2.42. The summed E-state index contributed by atoms with van der Waals surface area (Å²) in [6.07, 6.45) is 0. The third kappa shape index (κ3) is 2.00. The maximum atomic E-state index is 9.59. The molecule has 0 aliphatic heterocycles. The van der Waals surface area contributed by atoms with E-state index in [1.165, 1.54) is 6.07 Å². The van der Waals surface area contributed by atoms with E-state index in [4.69, 9.17) is 5.73 Å². The standard InChI is InChI=1S/C12H12N2O2/c13-8-5-6-12(16)10(7-8)14-9-3-1-2-4-11(9)15/h1-7,14-16H,13H2. The molecule has 0 saturated heterocycles. The quantitative estimate of drug-likeness (QED) is 0.353. The Bertz CT molecular complexity index is 512. The zero-order chi connectivity index (χ0) is 11.5. The fourth-order valence-electron chi connectivity index (χ4n) is 1.38. The van der Waals surface area contributed by atoms with E-state index in [0.29, 0.717) is 17.1 Å². The normalized spacial score (nSPS) is 10.0. The lowest BCUT2D eigenvalue weighted by Crippen LogP contribution is -1.93. The van der Waals surface area contributed by atoms with Gasteiger partial charge in [-0.15, -0.1) is 0 Å². The molecule has 4 heteroatoms. The Morgan fingerprint density at radius 3 is 2.31 bits per heavy atom. The summed E-state index contributed by atoms with van der Waals surface area (Å²) in [5, 5.41) is 22.0. The average Bonchev–Trinajstić information content (AvgIpc) is 2.27. The van der Waals surface area contributed by atoms with Gasteiger partial charge in [0.25, 0.3) is 0 Å². The van der Waals surface area contributed by atoms with Crippen molar-refractivity contribution in [1.82, 2.24) is 0 Å². The van der Waals surface area contributed by atoms with E-state index in [-0.39, 0.29) is 11.5 Å². The van der Waals surface area contributed by atoms with Gasteiger partial charge in [-0.1, -0.05) is 12.1 Å². The van der Waals surface area contributed by atoms with Crippen LogP contribution in [0.2, 0.25) is 0 Å². The van der Waals surface area contributed by atoms with E-state index in [1.807, 2.05) is 0 Å². The molecule has 0 fully saturated rings. The highest BCUT2D eigenvalue weighted by Gasteiger charge is 2.04. The van der Waals surface area contributed by atoms with Crippen LogP contribution in [0.1, 0.15) is 0 Å². The molecule has 16 heavy (non-hydrogen) atoms. The van der Waals surface area contributed by atoms with Crippen LogP contribution >= 0.6 is 0 Å². The van der Waals surface area contributed by atoms with E-state index in [9.17, 15) is 10.2 Å². The summed E-state index contributed by atoms with van der Waals surface area (Å²) in [6.45, 7) is 0. The molecule has 0 aliphatic rings. The van der Waals surface area contributed by atoms with Crippen molar-refractivity contribution in [3.63, 3.8) is 0 Å². The number of rotatable bonds is 2. The van der Waals surface area contributed by atoms with Crippen molar-refractivity contribution >= 4 is 17.1 Å². The Labute approximate surface area is 93.0 Å².